The monoisotopic (exact) mass is 142 g/mol. The quantitative estimate of drug-likeness (QED) is 0.436. The molecule has 0 aliphatic heterocycles. The highest BCUT2D eigenvalue weighted by molar-refractivity contribution is 4.74. The molecule has 0 fully saturated rings. The highest BCUT2D eigenvalue weighted by atomic mass is 16.7. The maximum Gasteiger partial charge on any atom is 0.111 e. The molecule has 0 heterocycles. The molecule has 0 aromatic heterocycles. The Morgan fingerprint density at radius 1 is 1.70 bits per heavy atom. The smallest absolute Gasteiger partial charge is 0.111 e. The van der Waals surface area contributed by atoms with Crippen molar-refractivity contribution in [3.8, 4) is 6.07 Å². The second-order valence-corrected chi connectivity index (χ2v) is 2.17. The number of nitriles is 1. The van der Waals surface area contributed by atoms with Crippen LogP contribution in [0.15, 0.2) is 0 Å². The van der Waals surface area contributed by atoms with E-state index in [4.69, 9.17) is 10.1 Å². The van der Waals surface area contributed by atoms with Gasteiger partial charge in [0.15, 0.2) is 0 Å². The lowest BCUT2D eigenvalue weighted by atomic mass is 10.2. The van der Waals surface area contributed by atoms with E-state index in [1.165, 1.54) is 0 Å². The fourth-order valence-electron chi connectivity index (χ4n) is 0.674. The van der Waals surface area contributed by atoms with Crippen molar-refractivity contribution in [3.63, 3.8) is 0 Å². The number of hydrogen-bond donors (Lipinski definition) is 0. The van der Waals surface area contributed by atoms with Gasteiger partial charge in [0, 0.05) is 6.04 Å². The van der Waals surface area contributed by atoms with E-state index < -0.39 is 0 Å². The van der Waals surface area contributed by atoms with E-state index in [1.807, 2.05) is 13.0 Å². The fourth-order valence-corrected chi connectivity index (χ4v) is 0.674. The van der Waals surface area contributed by atoms with Crippen LogP contribution in [0, 0.1) is 11.3 Å². The molecule has 0 aliphatic carbocycles. The summed E-state index contributed by atoms with van der Waals surface area (Å²) in [4.78, 5) is 4.95. The van der Waals surface area contributed by atoms with Gasteiger partial charge in [0.05, 0.1) is 13.2 Å². The average Bonchev–Trinajstić information content (AvgIpc) is 1.99. The highest BCUT2D eigenvalue weighted by Crippen LogP contribution is 2.01. The van der Waals surface area contributed by atoms with Gasteiger partial charge in [0.1, 0.15) is 6.54 Å². The van der Waals surface area contributed by atoms with E-state index in [9.17, 15) is 0 Å². The summed E-state index contributed by atoms with van der Waals surface area (Å²) in [5.41, 5.74) is 0. The minimum absolute atomic E-state index is 0.324. The molecule has 0 rings (SSSR count). The lowest BCUT2D eigenvalue weighted by Gasteiger charge is -2.22. The molecule has 0 saturated heterocycles. The Kier molecular flexibility index (Phi) is 4.91. The van der Waals surface area contributed by atoms with Crippen LogP contribution in [0.25, 0.3) is 0 Å². The van der Waals surface area contributed by atoms with Crippen molar-refractivity contribution in [1.29, 1.82) is 5.26 Å². The molecular weight excluding hydrogens is 128 g/mol. The molecule has 3 nitrogen and oxygen atoms in total. The summed E-state index contributed by atoms with van der Waals surface area (Å²) in [6.45, 7) is 4.43. The summed E-state index contributed by atoms with van der Waals surface area (Å²) < 4.78 is 0. The highest BCUT2D eigenvalue weighted by Gasteiger charge is 2.09. The topological polar surface area (TPSA) is 36.3 Å². The molecular formula is C7H14N2O. The fraction of sp³-hybridized carbons (Fsp3) is 0.857. The summed E-state index contributed by atoms with van der Waals surface area (Å²) >= 11 is 0. The molecule has 0 aromatic rings. The van der Waals surface area contributed by atoms with Gasteiger partial charge in [0.2, 0.25) is 0 Å². The lowest BCUT2D eigenvalue weighted by Crippen LogP contribution is -2.31. The minimum Gasteiger partial charge on any atom is -0.301 e. The van der Waals surface area contributed by atoms with Gasteiger partial charge in [-0.1, -0.05) is 6.92 Å². The first-order valence-electron chi connectivity index (χ1n) is 3.44. The van der Waals surface area contributed by atoms with E-state index in [0.717, 1.165) is 6.42 Å². The molecule has 1 unspecified atom stereocenters. The normalized spacial score (nSPS) is 13.1. The Bertz CT molecular complexity index is 119. The summed E-state index contributed by atoms with van der Waals surface area (Å²) in [5.74, 6) is 0. The molecule has 0 saturated carbocycles. The van der Waals surface area contributed by atoms with Crippen LogP contribution in [-0.4, -0.2) is 24.8 Å². The standard InChI is InChI=1S/C7H14N2O/c1-4-7(2)9(10-3)6-5-8/h7H,4,6H2,1-3H3. The van der Waals surface area contributed by atoms with E-state index in [0.29, 0.717) is 12.6 Å². The number of hydroxylamine groups is 2. The van der Waals surface area contributed by atoms with Crippen molar-refractivity contribution in [3.05, 3.63) is 0 Å². The third kappa shape index (κ3) is 2.81. The van der Waals surface area contributed by atoms with E-state index in [2.05, 4.69) is 6.92 Å². The van der Waals surface area contributed by atoms with E-state index in [1.54, 1.807) is 12.2 Å². The van der Waals surface area contributed by atoms with Crippen molar-refractivity contribution in [2.75, 3.05) is 13.7 Å². The molecule has 3 heteroatoms. The zero-order valence-electron chi connectivity index (χ0n) is 6.79. The Balaban J connectivity index is 3.70. The van der Waals surface area contributed by atoms with Crippen molar-refractivity contribution in [2.24, 2.45) is 0 Å². The van der Waals surface area contributed by atoms with Crippen LogP contribution in [0.1, 0.15) is 20.3 Å². The molecule has 58 valence electrons. The summed E-state index contributed by atoms with van der Waals surface area (Å²) in [5, 5.41) is 10.0. The molecule has 0 radical (unpaired) electrons. The predicted octanol–water partition coefficient (Wildman–Crippen LogP) is 1.17. The average molecular weight is 142 g/mol. The summed E-state index contributed by atoms with van der Waals surface area (Å²) in [6.07, 6.45) is 0.996. The van der Waals surface area contributed by atoms with Crippen molar-refractivity contribution < 1.29 is 4.84 Å². The predicted molar refractivity (Wildman–Crippen MR) is 39.1 cm³/mol. The Hall–Kier alpha value is -0.590. The van der Waals surface area contributed by atoms with Crippen LogP contribution >= 0.6 is 0 Å². The maximum atomic E-state index is 8.34. The third-order valence-electron chi connectivity index (χ3n) is 1.54. The zero-order chi connectivity index (χ0) is 7.98. The molecule has 0 N–H and O–H groups in total. The first-order chi connectivity index (χ1) is 4.76. The van der Waals surface area contributed by atoms with Gasteiger partial charge in [-0.15, -0.1) is 0 Å². The minimum atomic E-state index is 0.324. The van der Waals surface area contributed by atoms with Crippen LogP contribution in [0.4, 0.5) is 0 Å². The number of rotatable bonds is 4. The second kappa shape index (κ2) is 5.21. The van der Waals surface area contributed by atoms with Gasteiger partial charge in [-0.3, -0.25) is 0 Å². The molecule has 0 spiro atoms. The lowest BCUT2D eigenvalue weighted by molar-refractivity contribution is -0.148. The Morgan fingerprint density at radius 3 is 2.60 bits per heavy atom. The number of hydrogen-bond acceptors (Lipinski definition) is 3. The first kappa shape index (κ1) is 9.41. The third-order valence-corrected chi connectivity index (χ3v) is 1.54. The van der Waals surface area contributed by atoms with Gasteiger partial charge in [-0.2, -0.15) is 10.3 Å². The molecule has 0 aromatic carbocycles. The van der Waals surface area contributed by atoms with Gasteiger partial charge < -0.3 is 4.84 Å². The van der Waals surface area contributed by atoms with Crippen molar-refractivity contribution in [1.82, 2.24) is 5.06 Å². The SMILES string of the molecule is CCC(C)N(CC#N)OC. The van der Waals surface area contributed by atoms with E-state index in [-0.39, 0.29) is 0 Å². The van der Waals surface area contributed by atoms with Crippen molar-refractivity contribution in [2.45, 2.75) is 26.3 Å². The summed E-state index contributed by atoms with van der Waals surface area (Å²) in [6, 6.07) is 2.36. The van der Waals surface area contributed by atoms with Crippen molar-refractivity contribution >= 4 is 0 Å². The molecule has 1 atom stereocenters. The van der Waals surface area contributed by atoms with Crippen LogP contribution in [-0.2, 0) is 4.84 Å². The molecule has 0 aliphatic rings. The Labute approximate surface area is 62.1 Å². The molecule has 0 bridgehead atoms. The van der Waals surface area contributed by atoms with Gasteiger partial charge in [-0.25, -0.2) is 0 Å². The van der Waals surface area contributed by atoms with Crippen LogP contribution < -0.4 is 0 Å². The van der Waals surface area contributed by atoms with Gasteiger partial charge >= 0.3 is 0 Å². The largest absolute Gasteiger partial charge is 0.301 e. The van der Waals surface area contributed by atoms with Gasteiger partial charge in [0.25, 0.3) is 0 Å². The molecule has 0 amide bonds. The Morgan fingerprint density at radius 2 is 2.30 bits per heavy atom. The van der Waals surface area contributed by atoms with Crippen LogP contribution in [0.3, 0.4) is 0 Å². The first-order valence-corrected chi connectivity index (χ1v) is 3.44. The van der Waals surface area contributed by atoms with E-state index >= 15 is 0 Å². The summed E-state index contributed by atoms with van der Waals surface area (Å²) in [7, 11) is 1.59. The van der Waals surface area contributed by atoms with Gasteiger partial charge in [-0.05, 0) is 13.3 Å². The van der Waals surface area contributed by atoms with Crippen LogP contribution in [0.2, 0.25) is 0 Å². The van der Waals surface area contributed by atoms with Crippen LogP contribution in [0.5, 0.6) is 0 Å². The second-order valence-electron chi connectivity index (χ2n) is 2.17. The maximum absolute atomic E-state index is 8.34. The number of nitrogens with zero attached hydrogens (tertiary/aromatic N) is 2. The molecule has 10 heavy (non-hydrogen) atoms. The zero-order valence-corrected chi connectivity index (χ0v) is 6.79.